The number of fused-ring (bicyclic) bond motifs is 1. The van der Waals surface area contributed by atoms with Gasteiger partial charge in [-0.05, 0) is 45.8 Å². The highest BCUT2D eigenvalue weighted by Crippen LogP contribution is 2.24. The number of nitriles is 1. The van der Waals surface area contributed by atoms with Gasteiger partial charge in [-0.2, -0.15) is 15.5 Å². The summed E-state index contributed by atoms with van der Waals surface area (Å²) in [7, 11) is 0. The summed E-state index contributed by atoms with van der Waals surface area (Å²) in [6.07, 6.45) is 3.18. The fraction of sp³-hybridized carbons (Fsp3) is 0.0526. The normalized spacial score (nSPS) is 10.8. The highest BCUT2D eigenvalue weighted by atomic mass is 79.9. The fourth-order valence-corrected chi connectivity index (χ4v) is 3.16. The van der Waals surface area contributed by atoms with Crippen LogP contribution in [0.4, 0.5) is 10.1 Å². The lowest BCUT2D eigenvalue weighted by molar-refractivity contribution is 0.102. The number of H-pyrrole nitrogens is 1. The van der Waals surface area contributed by atoms with Gasteiger partial charge in [0.1, 0.15) is 5.82 Å². The molecule has 0 fully saturated rings. The number of hydrogen-bond donors (Lipinski definition) is 2. The Kier molecular flexibility index (Phi) is 4.63. The highest BCUT2D eigenvalue weighted by molar-refractivity contribution is 9.10. The molecule has 7 nitrogen and oxygen atoms in total. The van der Waals surface area contributed by atoms with Crippen LogP contribution in [0.5, 0.6) is 0 Å². The first kappa shape index (κ1) is 17.9. The van der Waals surface area contributed by atoms with Crippen molar-refractivity contribution in [1.82, 2.24) is 20.0 Å². The number of nitrogens with zero attached hydrogens (tertiary/aromatic N) is 4. The molecule has 4 rings (SSSR count). The standard InChI is InChI=1S/C19H12BrFN6O/c20-15-6-17-14(5-16(15)21)18(26-25-17)19(28)24-13-8-23-27(10-13)9-12-3-1-2-11(4-12)7-22/h1-6,8,10H,9H2,(H,24,28)(H,25,26). The third-order valence-electron chi connectivity index (χ3n) is 4.11. The Bertz CT molecular complexity index is 1240. The van der Waals surface area contributed by atoms with Crippen molar-refractivity contribution in [2.24, 2.45) is 0 Å². The number of anilines is 1. The number of carbonyl (C=O) groups is 1. The van der Waals surface area contributed by atoms with E-state index in [2.05, 4.69) is 42.6 Å². The second-order valence-corrected chi connectivity index (χ2v) is 6.93. The van der Waals surface area contributed by atoms with Gasteiger partial charge in [0.15, 0.2) is 5.69 Å². The smallest absolute Gasteiger partial charge is 0.276 e. The summed E-state index contributed by atoms with van der Waals surface area (Å²) in [5, 5.41) is 23.0. The van der Waals surface area contributed by atoms with E-state index >= 15 is 0 Å². The number of rotatable bonds is 4. The van der Waals surface area contributed by atoms with E-state index in [1.165, 1.54) is 18.3 Å². The number of carbonyl (C=O) groups excluding carboxylic acids is 1. The lowest BCUT2D eigenvalue weighted by Gasteiger charge is -2.02. The molecule has 4 aromatic rings. The lowest BCUT2D eigenvalue weighted by Crippen LogP contribution is -2.12. The van der Waals surface area contributed by atoms with Gasteiger partial charge >= 0.3 is 0 Å². The zero-order chi connectivity index (χ0) is 19.7. The summed E-state index contributed by atoms with van der Waals surface area (Å²) in [5.74, 6) is -0.950. The van der Waals surface area contributed by atoms with Crippen LogP contribution in [-0.2, 0) is 6.54 Å². The maximum absolute atomic E-state index is 13.8. The van der Waals surface area contributed by atoms with Crippen LogP contribution in [0, 0.1) is 17.1 Å². The molecule has 0 saturated carbocycles. The van der Waals surface area contributed by atoms with Crippen LogP contribution in [0.25, 0.3) is 10.9 Å². The van der Waals surface area contributed by atoms with Crippen molar-refractivity contribution < 1.29 is 9.18 Å². The summed E-state index contributed by atoms with van der Waals surface area (Å²) >= 11 is 3.10. The Morgan fingerprint density at radius 3 is 3.04 bits per heavy atom. The molecule has 2 aromatic carbocycles. The van der Waals surface area contributed by atoms with Crippen molar-refractivity contribution in [3.63, 3.8) is 0 Å². The highest BCUT2D eigenvalue weighted by Gasteiger charge is 2.17. The number of aromatic nitrogens is 4. The van der Waals surface area contributed by atoms with Crippen LogP contribution < -0.4 is 5.32 Å². The van der Waals surface area contributed by atoms with Gasteiger partial charge in [0.2, 0.25) is 0 Å². The maximum Gasteiger partial charge on any atom is 0.276 e. The molecule has 0 spiro atoms. The van der Waals surface area contributed by atoms with Crippen molar-refractivity contribution in [1.29, 1.82) is 5.26 Å². The molecule has 2 heterocycles. The van der Waals surface area contributed by atoms with Crippen LogP contribution in [0.2, 0.25) is 0 Å². The van der Waals surface area contributed by atoms with Crippen molar-refractivity contribution in [3.05, 3.63) is 75.9 Å². The molecule has 0 aliphatic rings. The van der Waals surface area contributed by atoms with E-state index in [0.717, 1.165) is 5.56 Å². The van der Waals surface area contributed by atoms with Crippen molar-refractivity contribution in [2.75, 3.05) is 5.32 Å². The monoisotopic (exact) mass is 438 g/mol. The molecule has 0 atom stereocenters. The molecule has 138 valence electrons. The minimum Gasteiger partial charge on any atom is -0.318 e. The summed E-state index contributed by atoms with van der Waals surface area (Å²) in [6.45, 7) is 0.454. The zero-order valence-electron chi connectivity index (χ0n) is 14.3. The van der Waals surface area contributed by atoms with Crippen molar-refractivity contribution in [3.8, 4) is 6.07 Å². The van der Waals surface area contributed by atoms with Crippen LogP contribution in [0.1, 0.15) is 21.6 Å². The molecule has 0 aliphatic heterocycles. The molecule has 0 unspecified atom stereocenters. The fourth-order valence-electron chi connectivity index (χ4n) is 2.82. The third kappa shape index (κ3) is 3.50. The van der Waals surface area contributed by atoms with E-state index in [4.69, 9.17) is 5.26 Å². The van der Waals surface area contributed by atoms with E-state index in [1.807, 2.05) is 6.07 Å². The maximum atomic E-state index is 13.8. The van der Waals surface area contributed by atoms with Gasteiger partial charge in [0.25, 0.3) is 5.91 Å². The van der Waals surface area contributed by atoms with Gasteiger partial charge in [-0.1, -0.05) is 12.1 Å². The SMILES string of the molecule is N#Cc1cccc(Cn2cc(NC(=O)c3n[nH]c4cc(Br)c(F)cc34)cn2)c1. The lowest BCUT2D eigenvalue weighted by atomic mass is 10.1. The van der Waals surface area contributed by atoms with Gasteiger partial charge in [-0.3, -0.25) is 14.6 Å². The van der Waals surface area contributed by atoms with Gasteiger partial charge < -0.3 is 5.32 Å². The minimum absolute atomic E-state index is 0.0934. The average Bonchev–Trinajstić information content (AvgIpc) is 3.29. The van der Waals surface area contributed by atoms with E-state index in [-0.39, 0.29) is 10.2 Å². The van der Waals surface area contributed by atoms with Crippen molar-refractivity contribution in [2.45, 2.75) is 6.54 Å². The Balaban J connectivity index is 1.52. The zero-order valence-corrected chi connectivity index (χ0v) is 15.9. The molecule has 0 aliphatic carbocycles. The summed E-state index contributed by atoms with van der Waals surface area (Å²) in [5.41, 5.74) is 2.61. The van der Waals surface area contributed by atoms with Gasteiger partial charge in [-0.25, -0.2) is 4.39 Å². The van der Waals surface area contributed by atoms with Crippen LogP contribution >= 0.6 is 15.9 Å². The van der Waals surface area contributed by atoms with E-state index < -0.39 is 11.7 Å². The van der Waals surface area contributed by atoms with E-state index in [0.29, 0.717) is 28.7 Å². The first-order valence-corrected chi connectivity index (χ1v) is 8.99. The van der Waals surface area contributed by atoms with Crippen molar-refractivity contribution >= 4 is 38.4 Å². The molecule has 1 amide bonds. The summed E-state index contributed by atoms with van der Waals surface area (Å²) in [4.78, 5) is 12.5. The predicted octanol–water partition coefficient (Wildman–Crippen LogP) is 3.83. The largest absolute Gasteiger partial charge is 0.318 e. The van der Waals surface area contributed by atoms with E-state index in [9.17, 15) is 9.18 Å². The quantitative estimate of drug-likeness (QED) is 0.505. The minimum atomic E-state index is -0.477. The summed E-state index contributed by atoms with van der Waals surface area (Å²) < 4.78 is 15.7. The molecule has 0 bridgehead atoms. The van der Waals surface area contributed by atoms with Gasteiger partial charge in [0.05, 0.1) is 40.1 Å². The predicted molar refractivity (Wildman–Crippen MR) is 104 cm³/mol. The number of amides is 1. The Morgan fingerprint density at radius 1 is 1.36 bits per heavy atom. The second-order valence-electron chi connectivity index (χ2n) is 6.08. The molecule has 28 heavy (non-hydrogen) atoms. The average molecular weight is 439 g/mol. The molecular formula is C19H12BrFN6O. The number of nitrogens with one attached hydrogen (secondary N) is 2. The Hall–Kier alpha value is -3.51. The molecule has 0 saturated heterocycles. The number of halogens is 2. The topological polar surface area (TPSA) is 99.4 Å². The van der Waals surface area contributed by atoms with Crippen LogP contribution in [0.15, 0.2) is 53.3 Å². The van der Waals surface area contributed by atoms with Crippen LogP contribution in [0.3, 0.4) is 0 Å². The van der Waals surface area contributed by atoms with Gasteiger partial charge in [0, 0.05) is 11.6 Å². The molecule has 0 radical (unpaired) electrons. The molecule has 9 heteroatoms. The number of benzene rings is 2. The molecule has 2 aromatic heterocycles. The number of aromatic amines is 1. The Morgan fingerprint density at radius 2 is 2.21 bits per heavy atom. The number of hydrogen-bond acceptors (Lipinski definition) is 4. The summed E-state index contributed by atoms with van der Waals surface area (Å²) in [6, 6.07) is 12.1. The Labute approximate surface area is 166 Å². The third-order valence-corrected chi connectivity index (χ3v) is 4.72. The van der Waals surface area contributed by atoms with Gasteiger partial charge in [-0.15, -0.1) is 0 Å². The second kappa shape index (κ2) is 7.25. The first-order valence-electron chi connectivity index (χ1n) is 8.19. The van der Waals surface area contributed by atoms with Crippen LogP contribution in [-0.4, -0.2) is 25.9 Å². The van der Waals surface area contributed by atoms with E-state index in [1.54, 1.807) is 29.1 Å². The molecule has 2 N–H and O–H groups in total. The molecular weight excluding hydrogens is 427 g/mol. The first-order chi connectivity index (χ1) is 13.5.